The number of likely N-dealkylation sites (tertiary alicyclic amines) is 1. The third kappa shape index (κ3) is 3.74. The van der Waals surface area contributed by atoms with Crippen molar-refractivity contribution in [3.8, 4) is 0 Å². The van der Waals surface area contributed by atoms with Crippen molar-refractivity contribution in [3.05, 3.63) is 59.8 Å². The predicted octanol–water partition coefficient (Wildman–Crippen LogP) is 1.59. The topological polar surface area (TPSA) is 126 Å². The van der Waals surface area contributed by atoms with Crippen molar-refractivity contribution in [2.45, 2.75) is 25.4 Å². The number of anilines is 1. The van der Waals surface area contributed by atoms with Gasteiger partial charge in [0, 0.05) is 6.20 Å². The first-order valence-corrected chi connectivity index (χ1v) is 8.50. The van der Waals surface area contributed by atoms with Gasteiger partial charge in [-0.3, -0.25) is 4.79 Å². The summed E-state index contributed by atoms with van der Waals surface area (Å²) in [6.07, 6.45) is 1.68. The van der Waals surface area contributed by atoms with Crippen LogP contribution in [-0.2, 0) is 16.0 Å². The quantitative estimate of drug-likeness (QED) is 0.688. The molecule has 1 aromatic carbocycles. The van der Waals surface area contributed by atoms with E-state index >= 15 is 0 Å². The number of nitrogen functional groups attached to an aromatic ring is 1. The van der Waals surface area contributed by atoms with Crippen LogP contribution in [0.15, 0.2) is 48.7 Å². The molecule has 4 N–H and O–H groups in total. The Morgan fingerprint density at radius 1 is 1.30 bits per heavy atom. The number of benzene rings is 1. The number of urea groups is 1. The highest BCUT2D eigenvalue weighted by Crippen LogP contribution is 2.31. The second-order valence-electron chi connectivity index (χ2n) is 6.47. The molecule has 3 amide bonds. The molecular weight excluding hydrogens is 348 g/mol. The molecule has 2 heterocycles. The van der Waals surface area contributed by atoms with Gasteiger partial charge < -0.3 is 16.2 Å². The van der Waals surface area contributed by atoms with Crippen LogP contribution in [0.3, 0.4) is 0 Å². The number of carbonyl (C=O) groups excluding carboxylic acids is 2. The van der Waals surface area contributed by atoms with Gasteiger partial charge in [-0.2, -0.15) is 0 Å². The number of imide groups is 1. The molecule has 0 saturated carbocycles. The van der Waals surface area contributed by atoms with Gasteiger partial charge in [0.15, 0.2) is 6.04 Å². The highest BCUT2D eigenvalue weighted by atomic mass is 16.4. The summed E-state index contributed by atoms with van der Waals surface area (Å²) in [5.74, 6) is -2.26. The SMILES string of the molecule is C[C@@H](NC(=O)N1C(=O)[C@H](Cc2ccnc(N)c2)[C@H]1C(=O)O)c1ccccc1. The number of hydrogen-bond acceptors (Lipinski definition) is 5. The minimum atomic E-state index is -1.22. The summed E-state index contributed by atoms with van der Waals surface area (Å²) in [4.78, 5) is 41.3. The molecule has 0 unspecified atom stereocenters. The lowest BCUT2D eigenvalue weighted by Crippen LogP contribution is -2.68. The number of hydrogen-bond donors (Lipinski definition) is 3. The van der Waals surface area contributed by atoms with Gasteiger partial charge in [0.2, 0.25) is 5.91 Å². The number of aliphatic carboxylic acids is 1. The van der Waals surface area contributed by atoms with E-state index in [2.05, 4.69) is 10.3 Å². The summed E-state index contributed by atoms with van der Waals surface area (Å²) in [6.45, 7) is 1.77. The first-order chi connectivity index (χ1) is 12.9. The van der Waals surface area contributed by atoms with Gasteiger partial charge in [0.25, 0.3) is 0 Å². The molecule has 3 rings (SSSR count). The molecule has 1 fully saturated rings. The maximum absolute atomic E-state index is 12.5. The van der Waals surface area contributed by atoms with E-state index in [1.165, 1.54) is 6.20 Å². The lowest BCUT2D eigenvalue weighted by molar-refractivity contribution is -0.165. The molecule has 0 bridgehead atoms. The number of rotatable bonds is 5. The van der Waals surface area contributed by atoms with Crippen molar-refractivity contribution in [1.29, 1.82) is 0 Å². The van der Waals surface area contributed by atoms with Crippen molar-refractivity contribution < 1.29 is 19.5 Å². The maximum Gasteiger partial charge on any atom is 0.327 e. The number of carbonyl (C=O) groups is 3. The average molecular weight is 368 g/mol. The molecule has 140 valence electrons. The van der Waals surface area contributed by atoms with E-state index in [-0.39, 0.29) is 18.3 Å². The molecule has 1 aromatic heterocycles. The Hall–Kier alpha value is -3.42. The van der Waals surface area contributed by atoms with Crippen molar-refractivity contribution >= 4 is 23.7 Å². The molecule has 1 aliphatic rings. The van der Waals surface area contributed by atoms with E-state index in [9.17, 15) is 19.5 Å². The van der Waals surface area contributed by atoms with Crippen molar-refractivity contribution in [3.63, 3.8) is 0 Å². The van der Waals surface area contributed by atoms with Crippen molar-refractivity contribution in [2.24, 2.45) is 5.92 Å². The number of amides is 3. The summed E-state index contributed by atoms with van der Waals surface area (Å²) in [6, 6.07) is 10.2. The third-order valence-electron chi connectivity index (χ3n) is 4.63. The standard InChI is InChI=1S/C19H20N4O4/c1-11(13-5-3-2-4-6-13)22-19(27)23-16(18(25)26)14(17(23)24)9-12-7-8-21-15(20)10-12/h2-8,10-11,14,16H,9H2,1H3,(H2,20,21)(H,22,27)(H,25,26)/t11-,14-,16+/m1/s1. The van der Waals surface area contributed by atoms with Gasteiger partial charge in [-0.1, -0.05) is 30.3 Å². The van der Waals surface area contributed by atoms with E-state index in [1.54, 1.807) is 19.1 Å². The van der Waals surface area contributed by atoms with E-state index in [4.69, 9.17) is 5.73 Å². The Labute approximate surface area is 156 Å². The number of β-lactam (4-membered cyclic amide) rings is 1. The van der Waals surface area contributed by atoms with Crippen LogP contribution in [0.5, 0.6) is 0 Å². The van der Waals surface area contributed by atoms with Crippen molar-refractivity contribution in [1.82, 2.24) is 15.2 Å². The Bertz CT molecular complexity index is 871. The lowest BCUT2D eigenvalue weighted by atomic mass is 9.82. The Morgan fingerprint density at radius 3 is 2.63 bits per heavy atom. The molecule has 27 heavy (non-hydrogen) atoms. The van der Waals surface area contributed by atoms with E-state index in [1.807, 2.05) is 30.3 Å². The number of nitrogens with two attached hydrogens (primary N) is 1. The number of nitrogens with one attached hydrogen (secondary N) is 1. The van der Waals surface area contributed by atoms with Crippen LogP contribution in [0, 0.1) is 5.92 Å². The summed E-state index contributed by atoms with van der Waals surface area (Å²) in [5, 5.41) is 12.2. The predicted molar refractivity (Wildman–Crippen MR) is 97.5 cm³/mol. The lowest BCUT2D eigenvalue weighted by Gasteiger charge is -2.43. The van der Waals surface area contributed by atoms with E-state index < -0.39 is 29.9 Å². The van der Waals surface area contributed by atoms with Crippen LogP contribution < -0.4 is 11.1 Å². The molecule has 8 nitrogen and oxygen atoms in total. The second-order valence-corrected chi connectivity index (χ2v) is 6.47. The Kier molecular flexibility index (Phi) is 5.07. The zero-order valence-corrected chi connectivity index (χ0v) is 14.7. The van der Waals surface area contributed by atoms with Crippen LogP contribution in [0.2, 0.25) is 0 Å². The molecule has 0 radical (unpaired) electrons. The zero-order chi connectivity index (χ0) is 19.6. The summed E-state index contributed by atoms with van der Waals surface area (Å²) < 4.78 is 0. The van der Waals surface area contributed by atoms with Crippen LogP contribution in [0.25, 0.3) is 0 Å². The highest BCUT2D eigenvalue weighted by Gasteiger charge is 2.54. The molecule has 8 heteroatoms. The van der Waals surface area contributed by atoms with Crippen LogP contribution in [0.1, 0.15) is 24.1 Å². The van der Waals surface area contributed by atoms with Gasteiger partial charge in [-0.15, -0.1) is 0 Å². The van der Waals surface area contributed by atoms with Crippen LogP contribution in [0.4, 0.5) is 10.6 Å². The highest BCUT2D eigenvalue weighted by molar-refractivity contribution is 6.07. The van der Waals surface area contributed by atoms with Gasteiger partial charge in [0.05, 0.1) is 12.0 Å². The molecule has 3 atom stereocenters. The molecule has 2 aromatic rings. The molecule has 1 aliphatic heterocycles. The van der Waals surface area contributed by atoms with Crippen LogP contribution in [-0.4, -0.2) is 38.9 Å². The average Bonchev–Trinajstić information content (AvgIpc) is 2.64. The minimum absolute atomic E-state index is 0.181. The Balaban J connectivity index is 1.71. The summed E-state index contributed by atoms with van der Waals surface area (Å²) in [5.41, 5.74) is 7.18. The number of pyridine rings is 1. The largest absolute Gasteiger partial charge is 0.480 e. The number of aromatic nitrogens is 1. The van der Waals surface area contributed by atoms with Crippen LogP contribution >= 0.6 is 0 Å². The van der Waals surface area contributed by atoms with Gasteiger partial charge in [0.1, 0.15) is 5.82 Å². The van der Waals surface area contributed by atoms with Gasteiger partial charge >= 0.3 is 12.0 Å². The van der Waals surface area contributed by atoms with E-state index in [0.29, 0.717) is 5.56 Å². The summed E-state index contributed by atoms with van der Waals surface area (Å²) >= 11 is 0. The fourth-order valence-corrected chi connectivity index (χ4v) is 3.21. The molecule has 0 aliphatic carbocycles. The van der Waals surface area contributed by atoms with Gasteiger partial charge in [-0.05, 0) is 36.6 Å². The number of carboxylic acids is 1. The smallest absolute Gasteiger partial charge is 0.327 e. The molecular formula is C19H20N4O4. The van der Waals surface area contributed by atoms with E-state index in [0.717, 1.165) is 10.5 Å². The normalized spacial score (nSPS) is 19.9. The monoisotopic (exact) mass is 368 g/mol. The molecule has 0 spiro atoms. The second kappa shape index (κ2) is 7.45. The first-order valence-electron chi connectivity index (χ1n) is 8.50. The summed E-state index contributed by atoms with van der Waals surface area (Å²) in [7, 11) is 0. The molecule has 1 saturated heterocycles. The first kappa shape index (κ1) is 18.4. The fraction of sp³-hybridized carbons (Fsp3) is 0.263. The number of carboxylic acid groups (broad SMARTS) is 1. The maximum atomic E-state index is 12.5. The zero-order valence-electron chi connectivity index (χ0n) is 14.7. The minimum Gasteiger partial charge on any atom is -0.480 e. The third-order valence-corrected chi connectivity index (χ3v) is 4.63. The number of nitrogens with zero attached hydrogens (tertiary/aromatic N) is 2. The van der Waals surface area contributed by atoms with Crippen molar-refractivity contribution in [2.75, 3.05) is 5.73 Å². The fourth-order valence-electron chi connectivity index (χ4n) is 3.21. The van der Waals surface area contributed by atoms with Gasteiger partial charge in [-0.25, -0.2) is 19.5 Å². The Morgan fingerprint density at radius 2 is 2.00 bits per heavy atom.